The van der Waals surface area contributed by atoms with Crippen LogP contribution in [0.5, 0.6) is 0 Å². The number of aromatic nitrogens is 1. The predicted molar refractivity (Wildman–Crippen MR) is 48.8 cm³/mol. The quantitative estimate of drug-likeness (QED) is 0.715. The van der Waals surface area contributed by atoms with E-state index in [1.54, 1.807) is 6.07 Å². The van der Waals surface area contributed by atoms with Crippen molar-refractivity contribution in [2.24, 2.45) is 0 Å². The van der Waals surface area contributed by atoms with Gasteiger partial charge in [0.2, 0.25) is 0 Å². The monoisotopic (exact) mass is 180 g/mol. The van der Waals surface area contributed by atoms with Gasteiger partial charge in [-0.1, -0.05) is 6.42 Å². The van der Waals surface area contributed by atoms with Crippen LogP contribution in [0.15, 0.2) is 18.3 Å². The summed E-state index contributed by atoms with van der Waals surface area (Å²) in [6, 6.07) is 3.56. The molecule has 1 aromatic rings. The SMILES string of the molecule is Fc1ccc([C@H]2CCCCN2)nc1. The van der Waals surface area contributed by atoms with Crippen molar-refractivity contribution in [1.82, 2.24) is 10.3 Å². The van der Waals surface area contributed by atoms with Gasteiger partial charge in [-0.2, -0.15) is 0 Å². The Morgan fingerprint density at radius 3 is 2.92 bits per heavy atom. The molecule has 70 valence electrons. The zero-order valence-electron chi connectivity index (χ0n) is 7.46. The second-order valence-corrected chi connectivity index (χ2v) is 3.40. The fraction of sp³-hybridized carbons (Fsp3) is 0.500. The molecule has 1 N–H and O–H groups in total. The van der Waals surface area contributed by atoms with E-state index in [1.807, 2.05) is 0 Å². The Kier molecular flexibility index (Phi) is 2.54. The predicted octanol–water partition coefficient (Wildman–Crippen LogP) is 2.04. The van der Waals surface area contributed by atoms with Crippen LogP contribution in [0, 0.1) is 5.82 Å². The summed E-state index contributed by atoms with van der Waals surface area (Å²) in [6.45, 7) is 1.05. The second-order valence-electron chi connectivity index (χ2n) is 3.40. The summed E-state index contributed by atoms with van der Waals surface area (Å²) in [5, 5.41) is 3.37. The van der Waals surface area contributed by atoms with Gasteiger partial charge in [0.1, 0.15) is 5.82 Å². The van der Waals surface area contributed by atoms with Crippen LogP contribution < -0.4 is 5.32 Å². The molecule has 2 rings (SSSR count). The minimum Gasteiger partial charge on any atom is -0.309 e. The summed E-state index contributed by atoms with van der Waals surface area (Å²) in [5.74, 6) is -0.264. The Bertz CT molecular complexity index is 265. The molecule has 0 spiro atoms. The number of nitrogens with zero attached hydrogens (tertiary/aromatic N) is 1. The lowest BCUT2D eigenvalue weighted by atomic mass is 10.0. The lowest BCUT2D eigenvalue weighted by Gasteiger charge is -2.22. The molecule has 0 amide bonds. The summed E-state index contributed by atoms with van der Waals surface area (Å²) in [5.41, 5.74) is 0.959. The number of hydrogen-bond donors (Lipinski definition) is 1. The van der Waals surface area contributed by atoms with Gasteiger partial charge in [0.15, 0.2) is 0 Å². The third-order valence-corrected chi connectivity index (χ3v) is 2.42. The van der Waals surface area contributed by atoms with Crippen molar-refractivity contribution >= 4 is 0 Å². The molecular weight excluding hydrogens is 167 g/mol. The molecule has 1 atom stereocenters. The van der Waals surface area contributed by atoms with Crippen LogP contribution in [0.2, 0.25) is 0 Å². The Labute approximate surface area is 77.2 Å². The van der Waals surface area contributed by atoms with E-state index in [4.69, 9.17) is 0 Å². The van der Waals surface area contributed by atoms with Crippen molar-refractivity contribution in [1.29, 1.82) is 0 Å². The van der Waals surface area contributed by atoms with Gasteiger partial charge in [0.05, 0.1) is 11.9 Å². The molecule has 1 aromatic heterocycles. The van der Waals surface area contributed by atoms with E-state index in [9.17, 15) is 4.39 Å². The summed E-state index contributed by atoms with van der Waals surface area (Å²) in [6.07, 6.45) is 4.86. The third-order valence-electron chi connectivity index (χ3n) is 2.42. The van der Waals surface area contributed by atoms with Gasteiger partial charge in [0.25, 0.3) is 0 Å². The molecule has 1 aliphatic rings. The molecule has 0 bridgehead atoms. The number of rotatable bonds is 1. The lowest BCUT2D eigenvalue weighted by molar-refractivity contribution is 0.404. The van der Waals surface area contributed by atoms with Crippen molar-refractivity contribution < 1.29 is 4.39 Å². The van der Waals surface area contributed by atoms with Crippen molar-refractivity contribution in [3.63, 3.8) is 0 Å². The molecule has 1 fully saturated rings. The van der Waals surface area contributed by atoms with Crippen LogP contribution in [0.25, 0.3) is 0 Å². The van der Waals surface area contributed by atoms with Crippen molar-refractivity contribution in [2.45, 2.75) is 25.3 Å². The van der Waals surface area contributed by atoms with E-state index in [0.717, 1.165) is 18.7 Å². The summed E-state index contributed by atoms with van der Waals surface area (Å²) >= 11 is 0. The highest BCUT2D eigenvalue weighted by atomic mass is 19.1. The molecule has 3 heteroatoms. The second kappa shape index (κ2) is 3.83. The molecule has 0 saturated carbocycles. The highest BCUT2D eigenvalue weighted by molar-refractivity contribution is 5.10. The van der Waals surface area contributed by atoms with Gasteiger partial charge in [-0.3, -0.25) is 4.98 Å². The Morgan fingerprint density at radius 2 is 2.31 bits per heavy atom. The maximum absolute atomic E-state index is 12.6. The minimum atomic E-state index is -0.264. The van der Waals surface area contributed by atoms with Crippen molar-refractivity contribution in [2.75, 3.05) is 6.54 Å². The lowest BCUT2D eigenvalue weighted by Crippen LogP contribution is -2.27. The van der Waals surface area contributed by atoms with E-state index < -0.39 is 0 Å². The fourth-order valence-electron chi connectivity index (χ4n) is 1.70. The number of hydrogen-bond acceptors (Lipinski definition) is 2. The van der Waals surface area contributed by atoms with Gasteiger partial charge >= 0.3 is 0 Å². The Balaban J connectivity index is 2.10. The Hall–Kier alpha value is -0.960. The average Bonchev–Trinajstić information content (AvgIpc) is 2.20. The number of pyridine rings is 1. The first kappa shape index (κ1) is 8.63. The maximum Gasteiger partial charge on any atom is 0.141 e. The van der Waals surface area contributed by atoms with Crippen molar-refractivity contribution in [3.05, 3.63) is 29.8 Å². The fourth-order valence-corrected chi connectivity index (χ4v) is 1.70. The van der Waals surface area contributed by atoms with Gasteiger partial charge < -0.3 is 5.32 Å². The first-order chi connectivity index (χ1) is 6.36. The number of halogens is 1. The minimum absolute atomic E-state index is 0.264. The highest BCUT2D eigenvalue weighted by Gasteiger charge is 2.15. The van der Waals surface area contributed by atoms with Gasteiger partial charge in [-0.15, -0.1) is 0 Å². The zero-order chi connectivity index (χ0) is 9.10. The van der Waals surface area contributed by atoms with Crippen LogP contribution in [-0.2, 0) is 0 Å². The van der Waals surface area contributed by atoms with E-state index in [1.165, 1.54) is 25.1 Å². The molecule has 0 unspecified atom stereocenters. The van der Waals surface area contributed by atoms with Crippen molar-refractivity contribution in [3.8, 4) is 0 Å². The Morgan fingerprint density at radius 1 is 1.38 bits per heavy atom. The van der Waals surface area contributed by atoms with E-state index in [-0.39, 0.29) is 5.82 Å². The standard InChI is InChI=1S/C10H13FN2/c11-8-4-5-10(13-7-8)9-3-1-2-6-12-9/h4-5,7,9,12H,1-3,6H2/t9-/m1/s1. The maximum atomic E-state index is 12.6. The molecule has 0 aromatic carbocycles. The van der Waals surface area contributed by atoms with Crippen LogP contribution >= 0.6 is 0 Å². The molecule has 1 saturated heterocycles. The smallest absolute Gasteiger partial charge is 0.141 e. The van der Waals surface area contributed by atoms with Crippen LogP contribution in [0.4, 0.5) is 4.39 Å². The number of nitrogens with one attached hydrogen (secondary N) is 1. The number of piperidine rings is 1. The topological polar surface area (TPSA) is 24.9 Å². The van der Waals surface area contributed by atoms with Gasteiger partial charge in [-0.05, 0) is 31.5 Å². The van der Waals surface area contributed by atoms with E-state index >= 15 is 0 Å². The largest absolute Gasteiger partial charge is 0.309 e. The third kappa shape index (κ3) is 2.04. The molecular formula is C10H13FN2. The van der Waals surface area contributed by atoms with Gasteiger partial charge in [0, 0.05) is 6.04 Å². The molecule has 1 aliphatic heterocycles. The normalized spacial score (nSPS) is 23.0. The highest BCUT2D eigenvalue weighted by Crippen LogP contribution is 2.20. The summed E-state index contributed by atoms with van der Waals surface area (Å²) < 4.78 is 12.6. The van der Waals surface area contributed by atoms with Crippen LogP contribution in [0.1, 0.15) is 31.0 Å². The zero-order valence-corrected chi connectivity index (χ0v) is 7.46. The average molecular weight is 180 g/mol. The molecule has 13 heavy (non-hydrogen) atoms. The molecule has 0 radical (unpaired) electrons. The van der Waals surface area contributed by atoms with Crippen LogP contribution in [-0.4, -0.2) is 11.5 Å². The summed E-state index contributed by atoms with van der Waals surface area (Å²) in [7, 11) is 0. The van der Waals surface area contributed by atoms with E-state index in [0.29, 0.717) is 6.04 Å². The van der Waals surface area contributed by atoms with Gasteiger partial charge in [-0.25, -0.2) is 4.39 Å². The molecule has 2 heterocycles. The van der Waals surface area contributed by atoms with Crippen LogP contribution in [0.3, 0.4) is 0 Å². The molecule has 2 nitrogen and oxygen atoms in total. The first-order valence-corrected chi connectivity index (χ1v) is 4.71. The summed E-state index contributed by atoms with van der Waals surface area (Å²) in [4.78, 5) is 4.06. The van der Waals surface area contributed by atoms with E-state index in [2.05, 4.69) is 10.3 Å². The first-order valence-electron chi connectivity index (χ1n) is 4.71. The molecule has 0 aliphatic carbocycles.